The van der Waals surface area contributed by atoms with Crippen molar-refractivity contribution in [3.8, 4) is 0 Å². The Labute approximate surface area is 130 Å². The van der Waals surface area contributed by atoms with Crippen LogP contribution in [0.2, 0.25) is 0 Å². The molecule has 0 heterocycles. The minimum Gasteiger partial charge on any atom is -0.460 e. The van der Waals surface area contributed by atoms with Crippen LogP contribution >= 0.6 is 0 Å². The highest BCUT2D eigenvalue weighted by Crippen LogP contribution is 2.28. The third-order valence-corrected chi connectivity index (χ3v) is 3.45. The third-order valence-electron chi connectivity index (χ3n) is 3.45. The maximum Gasteiger partial charge on any atom is 0.320 e. The summed E-state index contributed by atoms with van der Waals surface area (Å²) in [5.41, 5.74) is 1.13. The number of esters is 1. The molecule has 0 aliphatic heterocycles. The Morgan fingerprint density at radius 2 is 1.95 bits per heavy atom. The predicted octanol–water partition coefficient (Wildman–Crippen LogP) is 2.53. The fourth-order valence-electron chi connectivity index (χ4n) is 2.22. The number of rotatable bonds is 5. The van der Waals surface area contributed by atoms with Crippen molar-refractivity contribution in [1.29, 1.82) is 0 Å². The van der Waals surface area contributed by atoms with E-state index in [1.165, 1.54) is 0 Å². The summed E-state index contributed by atoms with van der Waals surface area (Å²) in [6.45, 7) is 1.93. The van der Waals surface area contributed by atoms with Gasteiger partial charge in [0, 0.05) is 18.3 Å². The SMILES string of the molecule is CNC1=CC(C)(C(=O)OCc2ccccc2)C=C(C=O)C=C1. The fourth-order valence-corrected chi connectivity index (χ4v) is 2.22. The van der Waals surface area contributed by atoms with Gasteiger partial charge in [0.2, 0.25) is 0 Å². The van der Waals surface area contributed by atoms with Crippen LogP contribution in [0.4, 0.5) is 0 Å². The summed E-state index contributed by atoms with van der Waals surface area (Å²) < 4.78 is 5.41. The molecule has 1 aliphatic rings. The number of hydrogen-bond acceptors (Lipinski definition) is 4. The molecular formula is C18H19NO3. The van der Waals surface area contributed by atoms with Crippen LogP contribution < -0.4 is 5.32 Å². The van der Waals surface area contributed by atoms with Crippen LogP contribution in [-0.4, -0.2) is 19.3 Å². The van der Waals surface area contributed by atoms with Crippen LogP contribution in [0.1, 0.15) is 12.5 Å². The van der Waals surface area contributed by atoms with Crippen molar-refractivity contribution in [3.05, 3.63) is 71.5 Å². The highest BCUT2D eigenvalue weighted by Gasteiger charge is 2.32. The smallest absolute Gasteiger partial charge is 0.320 e. The Morgan fingerprint density at radius 1 is 1.23 bits per heavy atom. The van der Waals surface area contributed by atoms with E-state index in [1.807, 2.05) is 30.3 Å². The Balaban J connectivity index is 2.19. The van der Waals surface area contributed by atoms with Gasteiger partial charge in [-0.15, -0.1) is 0 Å². The van der Waals surface area contributed by atoms with Gasteiger partial charge in [-0.1, -0.05) is 36.4 Å². The second-order valence-electron chi connectivity index (χ2n) is 5.29. The van der Waals surface area contributed by atoms with E-state index >= 15 is 0 Å². The van der Waals surface area contributed by atoms with Crippen molar-refractivity contribution < 1.29 is 14.3 Å². The molecule has 1 N–H and O–H groups in total. The highest BCUT2D eigenvalue weighted by atomic mass is 16.5. The molecule has 0 saturated carbocycles. The number of carbonyl (C=O) groups is 2. The molecule has 0 fully saturated rings. The number of aldehydes is 1. The maximum atomic E-state index is 12.5. The molecular weight excluding hydrogens is 278 g/mol. The molecule has 0 spiro atoms. The van der Waals surface area contributed by atoms with Gasteiger partial charge in [-0.2, -0.15) is 0 Å². The lowest BCUT2D eigenvalue weighted by Crippen LogP contribution is -2.27. The molecule has 1 aromatic rings. The maximum absolute atomic E-state index is 12.5. The van der Waals surface area contributed by atoms with E-state index in [4.69, 9.17) is 4.74 Å². The number of likely N-dealkylation sites (N-methyl/N-ethyl adjacent to an activating group) is 1. The lowest BCUT2D eigenvalue weighted by Gasteiger charge is -2.21. The number of carbonyl (C=O) groups excluding carboxylic acids is 2. The first kappa shape index (κ1) is 15.8. The zero-order chi connectivity index (χ0) is 16.0. The normalized spacial score (nSPS) is 20.5. The number of allylic oxidation sites excluding steroid dienone is 3. The lowest BCUT2D eigenvalue weighted by molar-refractivity contribution is -0.151. The Bertz CT molecular complexity index is 644. The minimum absolute atomic E-state index is 0.204. The minimum atomic E-state index is -0.993. The molecule has 4 heteroatoms. The molecule has 22 heavy (non-hydrogen) atoms. The van der Waals surface area contributed by atoms with E-state index in [2.05, 4.69) is 5.32 Å². The van der Waals surface area contributed by atoms with Crippen molar-refractivity contribution in [2.45, 2.75) is 13.5 Å². The van der Waals surface area contributed by atoms with Gasteiger partial charge in [-0.25, -0.2) is 0 Å². The Hall–Kier alpha value is -2.62. The van der Waals surface area contributed by atoms with Crippen LogP contribution in [0.3, 0.4) is 0 Å². The zero-order valence-corrected chi connectivity index (χ0v) is 12.7. The first-order valence-corrected chi connectivity index (χ1v) is 7.05. The van der Waals surface area contributed by atoms with Crippen LogP contribution in [-0.2, 0) is 20.9 Å². The summed E-state index contributed by atoms with van der Waals surface area (Å²) in [5, 5.41) is 2.99. The lowest BCUT2D eigenvalue weighted by atomic mass is 9.88. The number of benzene rings is 1. The van der Waals surface area contributed by atoms with Crippen molar-refractivity contribution in [3.63, 3.8) is 0 Å². The molecule has 0 bridgehead atoms. The van der Waals surface area contributed by atoms with Crippen molar-refractivity contribution in [2.75, 3.05) is 7.05 Å². The van der Waals surface area contributed by atoms with Crippen LogP contribution in [0, 0.1) is 5.41 Å². The second-order valence-corrected chi connectivity index (χ2v) is 5.29. The van der Waals surface area contributed by atoms with Crippen LogP contribution in [0.25, 0.3) is 0 Å². The summed E-state index contributed by atoms with van der Waals surface area (Å²) in [6.07, 6.45) is 7.54. The molecule has 2 rings (SSSR count). The summed E-state index contributed by atoms with van der Waals surface area (Å²) in [7, 11) is 1.76. The molecule has 0 aromatic heterocycles. The molecule has 0 saturated heterocycles. The highest BCUT2D eigenvalue weighted by molar-refractivity contribution is 5.86. The van der Waals surface area contributed by atoms with E-state index in [1.54, 1.807) is 38.3 Å². The van der Waals surface area contributed by atoms with Gasteiger partial charge in [0.05, 0.1) is 0 Å². The quantitative estimate of drug-likeness (QED) is 0.670. The summed E-state index contributed by atoms with van der Waals surface area (Å²) >= 11 is 0. The van der Waals surface area contributed by atoms with Gasteiger partial charge in [0.15, 0.2) is 0 Å². The molecule has 1 atom stereocenters. The average Bonchev–Trinajstić information content (AvgIpc) is 2.73. The molecule has 0 amide bonds. The largest absolute Gasteiger partial charge is 0.460 e. The molecule has 114 valence electrons. The Morgan fingerprint density at radius 3 is 2.59 bits per heavy atom. The van der Waals surface area contributed by atoms with Gasteiger partial charge >= 0.3 is 5.97 Å². The van der Waals surface area contributed by atoms with Crippen molar-refractivity contribution in [2.24, 2.45) is 5.41 Å². The summed E-state index contributed by atoms with van der Waals surface area (Å²) in [5.74, 6) is -0.396. The average molecular weight is 297 g/mol. The van der Waals surface area contributed by atoms with Crippen LogP contribution in [0.15, 0.2) is 65.9 Å². The zero-order valence-electron chi connectivity index (χ0n) is 12.7. The van der Waals surface area contributed by atoms with Crippen LogP contribution in [0.5, 0.6) is 0 Å². The topological polar surface area (TPSA) is 55.4 Å². The fraction of sp³-hybridized carbons (Fsp3) is 0.222. The Kier molecular flexibility index (Phi) is 4.94. The second kappa shape index (κ2) is 6.89. The first-order chi connectivity index (χ1) is 10.6. The van der Waals surface area contributed by atoms with E-state index in [-0.39, 0.29) is 6.61 Å². The van der Waals surface area contributed by atoms with E-state index in [0.29, 0.717) is 5.57 Å². The van der Waals surface area contributed by atoms with Gasteiger partial charge in [-0.3, -0.25) is 9.59 Å². The monoisotopic (exact) mass is 297 g/mol. The summed E-state index contributed by atoms with van der Waals surface area (Å²) in [4.78, 5) is 23.6. The first-order valence-electron chi connectivity index (χ1n) is 7.05. The van der Waals surface area contributed by atoms with Gasteiger partial charge < -0.3 is 10.1 Å². The number of hydrogen-bond donors (Lipinski definition) is 1. The molecule has 1 aromatic carbocycles. The van der Waals surface area contributed by atoms with E-state index in [0.717, 1.165) is 17.5 Å². The molecule has 1 unspecified atom stereocenters. The van der Waals surface area contributed by atoms with Gasteiger partial charge in [0.25, 0.3) is 0 Å². The molecule has 1 aliphatic carbocycles. The van der Waals surface area contributed by atoms with Crippen molar-refractivity contribution >= 4 is 12.3 Å². The van der Waals surface area contributed by atoms with Crippen molar-refractivity contribution in [1.82, 2.24) is 5.32 Å². The number of nitrogens with one attached hydrogen (secondary N) is 1. The number of ether oxygens (including phenoxy) is 1. The molecule has 4 nitrogen and oxygen atoms in total. The predicted molar refractivity (Wildman–Crippen MR) is 84.8 cm³/mol. The molecule has 0 radical (unpaired) electrons. The third kappa shape index (κ3) is 3.73. The standard InChI is InChI=1S/C18H19NO3/c1-18(10-15(12-20)8-9-16(11-18)19-2)17(21)22-13-14-6-4-3-5-7-14/h3-12,19H,13H2,1-2H3. The van der Waals surface area contributed by atoms with E-state index < -0.39 is 11.4 Å². The van der Waals surface area contributed by atoms with Gasteiger partial charge in [-0.05, 0) is 30.7 Å². The summed E-state index contributed by atoms with van der Waals surface area (Å²) in [6, 6.07) is 9.48. The van der Waals surface area contributed by atoms with E-state index in [9.17, 15) is 9.59 Å². The van der Waals surface area contributed by atoms with Gasteiger partial charge in [0.1, 0.15) is 18.3 Å².